The van der Waals surface area contributed by atoms with Crippen LogP contribution in [0.2, 0.25) is 0 Å². The van der Waals surface area contributed by atoms with E-state index >= 15 is 0 Å². The number of hydrogen-bond acceptors (Lipinski definition) is 2. The molecule has 2 N–H and O–H groups in total. The van der Waals surface area contributed by atoms with Gasteiger partial charge in [0.2, 0.25) is 0 Å². The highest BCUT2D eigenvalue weighted by molar-refractivity contribution is 5.46. The van der Waals surface area contributed by atoms with Gasteiger partial charge in [-0.2, -0.15) is 0 Å². The average molecular weight is 245 g/mol. The highest BCUT2D eigenvalue weighted by Gasteiger charge is 2.44. The SMILES string of the molecule is COc1c(F)cc(C(C)(F)F)cc1C1(N)CC1. The molecule has 17 heavy (non-hydrogen) atoms. The molecule has 1 fully saturated rings. The summed E-state index contributed by atoms with van der Waals surface area (Å²) in [6, 6.07) is 2.04. The van der Waals surface area contributed by atoms with E-state index in [1.54, 1.807) is 0 Å². The van der Waals surface area contributed by atoms with E-state index in [1.807, 2.05) is 0 Å². The number of halogens is 3. The Morgan fingerprint density at radius 1 is 1.35 bits per heavy atom. The minimum absolute atomic E-state index is 0.0296. The van der Waals surface area contributed by atoms with Gasteiger partial charge in [0.25, 0.3) is 5.92 Å². The molecule has 1 aromatic rings. The van der Waals surface area contributed by atoms with Crippen LogP contribution in [-0.2, 0) is 11.5 Å². The van der Waals surface area contributed by atoms with Crippen molar-refractivity contribution in [3.8, 4) is 5.75 Å². The Balaban J connectivity index is 2.59. The number of ether oxygens (including phenoxy) is 1. The lowest BCUT2D eigenvalue weighted by molar-refractivity contribution is 0.0169. The van der Waals surface area contributed by atoms with Crippen molar-refractivity contribution in [2.24, 2.45) is 5.73 Å². The van der Waals surface area contributed by atoms with Crippen LogP contribution in [0.25, 0.3) is 0 Å². The van der Waals surface area contributed by atoms with E-state index in [-0.39, 0.29) is 11.3 Å². The highest BCUT2D eigenvalue weighted by Crippen LogP contribution is 2.48. The Hall–Kier alpha value is -1.23. The Morgan fingerprint density at radius 2 is 1.94 bits per heavy atom. The van der Waals surface area contributed by atoms with E-state index in [4.69, 9.17) is 10.5 Å². The van der Waals surface area contributed by atoms with E-state index in [0.717, 1.165) is 13.0 Å². The molecule has 0 heterocycles. The molecule has 94 valence electrons. The van der Waals surface area contributed by atoms with Gasteiger partial charge in [-0.05, 0) is 25.0 Å². The lowest BCUT2D eigenvalue weighted by Crippen LogP contribution is -2.21. The van der Waals surface area contributed by atoms with Crippen molar-refractivity contribution in [3.63, 3.8) is 0 Å². The van der Waals surface area contributed by atoms with Gasteiger partial charge in [-0.3, -0.25) is 0 Å². The molecule has 0 aliphatic heterocycles. The number of nitrogens with two attached hydrogens (primary N) is 1. The number of hydrogen-bond donors (Lipinski definition) is 1. The molecule has 1 aromatic carbocycles. The Kier molecular flexibility index (Phi) is 2.61. The number of benzene rings is 1. The summed E-state index contributed by atoms with van der Waals surface area (Å²) in [5.74, 6) is -3.91. The van der Waals surface area contributed by atoms with Gasteiger partial charge in [-0.25, -0.2) is 13.2 Å². The predicted octanol–water partition coefficient (Wildman–Crippen LogP) is 2.89. The molecule has 0 bridgehead atoms. The summed E-state index contributed by atoms with van der Waals surface area (Å²) in [6.45, 7) is 0.730. The van der Waals surface area contributed by atoms with Crippen LogP contribution in [0.1, 0.15) is 30.9 Å². The zero-order valence-corrected chi connectivity index (χ0v) is 9.69. The maximum absolute atomic E-state index is 13.7. The van der Waals surface area contributed by atoms with Crippen molar-refractivity contribution in [1.29, 1.82) is 0 Å². The third kappa shape index (κ3) is 2.11. The quantitative estimate of drug-likeness (QED) is 0.888. The van der Waals surface area contributed by atoms with E-state index in [2.05, 4.69) is 0 Å². The molecule has 1 aliphatic carbocycles. The number of rotatable bonds is 3. The predicted molar refractivity (Wildman–Crippen MR) is 57.6 cm³/mol. The van der Waals surface area contributed by atoms with E-state index in [0.29, 0.717) is 18.4 Å². The second kappa shape index (κ2) is 3.63. The van der Waals surface area contributed by atoms with Crippen LogP contribution in [0.3, 0.4) is 0 Å². The summed E-state index contributed by atoms with van der Waals surface area (Å²) in [7, 11) is 1.30. The van der Waals surface area contributed by atoms with Crippen molar-refractivity contribution in [2.75, 3.05) is 7.11 Å². The molecule has 0 spiro atoms. The third-order valence-corrected chi connectivity index (χ3v) is 3.08. The van der Waals surface area contributed by atoms with Crippen LogP contribution in [0, 0.1) is 5.82 Å². The molecule has 0 radical (unpaired) electrons. The molecule has 0 atom stereocenters. The maximum atomic E-state index is 13.7. The summed E-state index contributed by atoms with van der Waals surface area (Å²) in [6.07, 6.45) is 1.31. The summed E-state index contributed by atoms with van der Waals surface area (Å²) in [5.41, 5.74) is 5.18. The van der Waals surface area contributed by atoms with Gasteiger partial charge in [-0.15, -0.1) is 0 Å². The summed E-state index contributed by atoms with van der Waals surface area (Å²) < 4.78 is 45.0. The van der Waals surface area contributed by atoms with Crippen LogP contribution in [-0.4, -0.2) is 7.11 Å². The van der Waals surface area contributed by atoms with E-state index < -0.39 is 17.3 Å². The molecule has 1 aliphatic rings. The Morgan fingerprint density at radius 3 is 2.35 bits per heavy atom. The van der Waals surface area contributed by atoms with Crippen molar-refractivity contribution in [2.45, 2.75) is 31.2 Å². The van der Waals surface area contributed by atoms with Gasteiger partial charge in [0.15, 0.2) is 11.6 Å². The van der Waals surface area contributed by atoms with Crippen LogP contribution in [0.15, 0.2) is 12.1 Å². The van der Waals surface area contributed by atoms with Crippen LogP contribution in [0.4, 0.5) is 13.2 Å². The van der Waals surface area contributed by atoms with Gasteiger partial charge >= 0.3 is 0 Å². The fourth-order valence-electron chi connectivity index (χ4n) is 1.83. The summed E-state index contributed by atoms with van der Waals surface area (Å²) in [5, 5.41) is 0. The Labute approximate surface area is 97.6 Å². The second-order valence-electron chi connectivity index (χ2n) is 4.58. The average Bonchev–Trinajstić information content (AvgIpc) is 2.95. The topological polar surface area (TPSA) is 35.2 Å². The van der Waals surface area contributed by atoms with E-state index in [1.165, 1.54) is 13.2 Å². The van der Waals surface area contributed by atoms with Gasteiger partial charge in [0.1, 0.15) is 0 Å². The monoisotopic (exact) mass is 245 g/mol. The van der Waals surface area contributed by atoms with Crippen molar-refractivity contribution >= 4 is 0 Å². The molecule has 0 saturated heterocycles. The molecule has 2 nitrogen and oxygen atoms in total. The van der Waals surface area contributed by atoms with Crippen molar-refractivity contribution in [3.05, 3.63) is 29.1 Å². The lowest BCUT2D eigenvalue weighted by atomic mass is 9.98. The molecule has 0 amide bonds. The molecular formula is C12H14F3NO. The fraction of sp³-hybridized carbons (Fsp3) is 0.500. The number of alkyl halides is 2. The van der Waals surface area contributed by atoms with E-state index in [9.17, 15) is 13.2 Å². The van der Waals surface area contributed by atoms with Crippen molar-refractivity contribution in [1.82, 2.24) is 0 Å². The standard InChI is InChI=1S/C12H14F3NO/c1-11(14,15)7-5-8(12(16)3-4-12)10(17-2)9(13)6-7/h5-6H,3-4,16H2,1-2H3. The van der Waals surface area contributed by atoms with Gasteiger partial charge in [0.05, 0.1) is 7.11 Å². The minimum Gasteiger partial charge on any atom is -0.493 e. The molecule has 0 aromatic heterocycles. The van der Waals surface area contributed by atoms with Crippen molar-refractivity contribution < 1.29 is 17.9 Å². The first kappa shape index (κ1) is 12.2. The molecule has 2 rings (SSSR count). The smallest absolute Gasteiger partial charge is 0.270 e. The second-order valence-corrected chi connectivity index (χ2v) is 4.58. The Bertz CT molecular complexity index is 450. The van der Waals surface area contributed by atoms with Gasteiger partial charge < -0.3 is 10.5 Å². The fourth-order valence-corrected chi connectivity index (χ4v) is 1.83. The maximum Gasteiger partial charge on any atom is 0.270 e. The molecule has 1 saturated carbocycles. The zero-order valence-electron chi connectivity index (χ0n) is 9.69. The zero-order chi connectivity index (χ0) is 12.8. The first-order valence-electron chi connectivity index (χ1n) is 5.33. The minimum atomic E-state index is -3.09. The number of methoxy groups -OCH3 is 1. The van der Waals surface area contributed by atoms with Gasteiger partial charge in [-0.1, -0.05) is 0 Å². The first-order valence-corrected chi connectivity index (χ1v) is 5.33. The largest absolute Gasteiger partial charge is 0.493 e. The molecule has 5 heteroatoms. The highest BCUT2D eigenvalue weighted by atomic mass is 19.3. The first-order chi connectivity index (χ1) is 7.78. The van der Waals surface area contributed by atoms with Gasteiger partial charge in [0, 0.05) is 23.6 Å². The lowest BCUT2D eigenvalue weighted by Gasteiger charge is -2.19. The third-order valence-electron chi connectivity index (χ3n) is 3.08. The summed E-state index contributed by atoms with van der Waals surface area (Å²) >= 11 is 0. The summed E-state index contributed by atoms with van der Waals surface area (Å²) in [4.78, 5) is 0. The molecular weight excluding hydrogens is 231 g/mol. The van der Waals surface area contributed by atoms with Crippen LogP contribution >= 0.6 is 0 Å². The van der Waals surface area contributed by atoms with Crippen LogP contribution in [0.5, 0.6) is 5.75 Å². The normalized spacial score (nSPS) is 18.0. The molecule has 0 unspecified atom stereocenters. The van der Waals surface area contributed by atoms with Crippen LogP contribution < -0.4 is 10.5 Å².